The van der Waals surface area contributed by atoms with Crippen LogP contribution >= 0.6 is 0 Å². The molecule has 0 aliphatic heterocycles. The lowest BCUT2D eigenvalue weighted by Crippen LogP contribution is -2.36. The van der Waals surface area contributed by atoms with Crippen molar-refractivity contribution in [3.05, 3.63) is 28.0 Å². The Labute approximate surface area is 123 Å². The highest BCUT2D eigenvalue weighted by molar-refractivity contribution is 5.86. The summed E-state index contributed by atoms with van der Waals surface area (Å²) < 4.78 is 10.4. The minimum atomic E-state index is -0.674. The minimum absolute atomic E-state index is 0.115. The summed E-state index contributed by atoms with van der Waals surface area (Å²) in [6.07, 6.45) is 3.86. The molecule has 2 atom stereocenters. The van der Waals surface area contributed by atoms with Crippen LogP contribution in [0.2, 0.25) is 0 Å². The summed E-state index contributed by atoms with van der Waals surface area (Å²) in [4.78, 5) is 24.0. The zero-order valence-corrected chi connectivity index (χ0v) is 12.3. The lowest BCUT2D eigenvalue weighted by atomic mass is 9.86. The summed E-state index contributed by atoms with van der Waals surface area (Å²) in [7, 11) is 3.98. The topological polar surface area (TPSA) is 85.8 Å². The molecule has 1 aromatic rings. The van der Waals surface area contributed by atoms with Crippen molar-refractivity contribution in [2.45, 2.75) is 31.8 Å². The number of nitrogens with zero attached hydrogens (tertiary/aromatic N) is 2. The summed E-state index contributed by atoms with van der Waals surface area (Å²) in [6.45, 7) is 0.857. The van der Waals surface area contributed by atoms with Crippen LogP contribution in [0.4, 0.5) is 5.88 Å². The van der Waals surface area contributed by atoms with E-state index in [0.717, 1.165) is 38.3 Å². The summed E-state index contributed by atoms with van der Waals surface area (Å²) in [5.41, 5.74) is 0. The Morgan fingerprint density at radius 1 is 1.43 bits per heavy atom. The largest absolute Gasteiger partial charge is 0.456 e. The van der Waals surface area contributed by atoms with Gasteiger partial charge in [-0.1, -0.05) is 6.42 Å². The standard InChI is InChI=1S/C14H20N2O5/c1-15(2)9-10-5-3-4-6-11(10)21-14(17)12-7-8-13(20-12)16(18)19/h7-8,10-11H,3-6,9H2,1-2H3/t10-,11-/m1/s1. The van der Waals surface area contributed by atoms with E-state index in [1.807, 2.05) is 14.1 Å². The average molecular weight is 296 g/mol. The van der Waals surface area contributed by atoms with E-state index >= 15 is 0 Å². The van der Waals surface area contributed by atoms with Gasteiger partial charge in [0, 0.05) is 12.5 Å². The molecule has 0 radical (unpaired) electrons. The molecule has 2 rings (SSSR count). The van der Waals surface area contributed by atoms with E-state index in [4.69, 9.17) is 9.15 Å². The van der Waals surface area contributed by atoms with Crippen molar-refractivity contribution < 1.29 is 18.9 Å². The zero-order valence-electron chi connectivity index (χ0n) is 12.3. The van der Waals surface area contributed by atoms with Gasteiger partial charge >= 0.3 is 11.9 Å². The third kappa shape index (κ3) is 4.04. The van der Waals surface area contributed by atoms with E-state index < -0.39 is 16.8 Å². The molecule has 0 bridgehead atoms. The maximum Gasteiger partial charge on any atom is 0.433 e. The van der Waals surface area contributed by atoms with Crippen LogP contribution < -0.4 is 0 Å². The predicted molar refractivity (Wildman–Crippen MR) is 75.1 cm³/mol. The Balaban J connectivity index is 2.00. The lowest BCUT2D eigenvalue weighted by Gasteiger charge is -2.32. The molecule has 7 heteroatoms. The average Bonchev–Trinajstić information content (AvgIpc) is 2.90. The summed E-state index contributed by atoms with van der Waals surface area (Å²) in [6, 6.07) is 2.44. The molecule has 1 aliphatic carbocycles. The fourth-order valence-corrected chi connectivity index (χ4v) is 2.74. The van der Waals surface area contributed by atoms with E-state index in [2.05, 4.69) is 4.90 Å². The summed E-state index contributed by atoms with van der Waals surface area (Å²) >= 11 is 0. The Morgan fingerprint density at radius 2 is 2.14 bits per heavy atom. The van der Waals surface area contributed by atoms with Gasteiger partial charge in [-0.2, -0.15) is 0 Å². The first-order valence-electron chi connectivity index (χ1n) is 7.07. The Hall–Kier alpha value is -1.89. The maximum absolute atomic E-state index is 12.0. The van der Waals surface area contributed by atoms with Crippen LogP contribution in [0.25, 0.3) is 0 Å². The second-order valence-electron chi connectivity index (χ2n) is 5.65. The fraction of sp³-hybridized carbons (Fsp3) is 0.643. The van der Waals surface area contributed by atoms with Crippen LogP contribution in [0.1, 0.15) is 36.2 Å². The number of carbonyl (C=O) groups excluding carboxylic acids is 1. The zero-order chi connectivity index (χ0) is 15.4. The first-order chi connectivity index (χ1) is 9.97. The molecule has 1 fully saturated rings. The molecular formula is C14H20N2O5. The number of nitro groups is 1. The lowest BCUT2D eigenvalue weighted by molar-refractivity contribution is -0.402. The quantitative estimate of drug-likeness (QED) is 0.471. The molecule has 0 N–H and O–H groups in total. The van der Waals surface area contributed by atoms with Crippen LogP contribution in [0.3, 0.4) is 0 Å². The van der Waals surface area contributed by atoms with Crippen molar-refractivity contribution in [1.82, 2.24) is 4.90 Å². The van der Waals surface area contributed by atoms with Crippen LogP contribution in [-0.2, 0) is 4.74 Å². The molecular weight excluding hydrogens is 276 g/mol. The molecule has 0 spiro atoms. The SMILES string of the molecule is CN(C)C[C@H]1CCCC[C@H]1OC(=O)c1ccc([N+](=O)[O-])o1. The second-order valence-corrected chi connectivity index (χ2v) is 5.65. The molecule has 0 saturated heterocycles. The molecule has 1 heterocycles. The number of esters is 1. The van der Waals surface area contributed by atoms with Gasteiger partial charge in [0.2, 0.25) is 5.76 Å². The maximum atomic E-state index is 12.0. The Bertz CT molecular complexity index is 511. The predicted octanol–water partition coefficient (Wildman–Crippen LogP) is 2.47. The summed E-state index contributed by atoms with van der Waals surface area (Å²) in [5.74, 6) is -0.896. The number of carbonyl (C=O) groups is 1. The molecule has 0 amide bonds. The van der Waals surface area contributed by atoms with Gasteiger partial charge in [-0.15, -0.1) is 0 Å². The van der Waals surface area contributed by atoms with E-state index in [9.17, 15) is 14.9 Å². The smallest absolute Gasteiger partial charge is 0.433 e. The van der Waals surface area contributed by atoms with E-state index in [0.29, 0.717) is 5.92 Å². The van der Waals surface area contributed by atoms with Gasteiger partial charge in [-0.3, -0.25) is 10.1 Å². The highest BCUT2D eigenvalue weighted by atomic mass is 16.7. The summed E-state index contributed by atoms with van der Waals surface area (Å²) in [5, 5.41) is 10.6. The highest BCUT2D eigenvalue weighted by Gasteiger charge is 2.30. The number of hydrogen-bond donors (Lipinski definition) is 0. The van der Waals surface area contributed by atoms with Gasteiger partial charge in [-0.05, 0) is 39.4 Å². The van der Waals surface area contributed by atoms with Gasteiger partial charge in [0.25, 0.3) is 0 Å². The van der Waals surface area contributed by atoms with Crippen LogP contribution in [0, 0.1) is 16.0 Å². The molecule has 0 unspecified atom stereocenters. The first-order valence-corrected chi connectivity index (χ1v) is 7.07. The van der Waals surface area contributed by atoms with Crippen LogP contribution in [0.15, 0.2) is 16.5 Å². The Morgan fingerprint density at radius 3 is 2.76 bits per heavy atom. The highest BCUT2D eigenvalue weighted by Crippen LogP contribution is 2.28. The third-order valence-corrected chi connectivity index (χ3v) is 3.67. The van der Waals surface area contributed by atoms with Crippen LogP contribution in [0.5, 0.6) is 0 Å². The molecule has 0 aromatic carbocycles. The van der Waals surface area contributed by atoms with Crippen molar-refractivity contribution in [3.63, 3.8) is 0 Å². The molecule has 116 valence electrons. The number of ether oxygens (including phenoxy) is 1. The van der Waals surface area contributed by atoms with E-state index in [-0.39, 0.29) is 11.9 Å². The molecule has 21 heavy (non-hydrogen) atoms. The molecule has 1 aliphatic rings. The normalized spacial score (nSPS) is 22.2. The van der Waals surface area contributed by atoms with Gasteiger partial charge in [-0.25, -0.2) is 4.79 Å². The molecule has 7 nitrogen and oxygen atoms in total. The third-order valence-electron chi connectivity index (χ3n) is 3.67. The van der Waals surface area contributed by atoms with Gasteiger partial charge in [0.05, 0.1) is 6.07 Å². The Kier molecular flexibility index (Phi) is 4.95. The number of furan rings is 1. The van der Waals surface area contributed by atoms with Gasteiger partial charge in [0.1, 0.15) is 11.0 Å². The minimum Gasteiger partial charge on any atom is -0.456 e. The first kappa shape index (κ1) is 15.5. The van der Waals surface area contributed by atoms with Crippen molar-refractivity contribution in [2.24, 2.45) is 5.92 Å². The fourth-order valence-electron chi connectivity index (χ4n) is 2.74. The molecule has 1 aromatic heterocycles. The number of rotatable bonds is 5. The van der Waals surface area contributed by atoms with Crippen molar-refractivity contribution in [1.29, 1.82) is 0 Å². The van der Waals surface area contributed by atoms with E-state index in [1.165, 1.54) is 6.07 Å². The monoisotopic (exact) mass is 296 g/mol. The van der Waals surface area contributed by atoms with Crippen molar-refractivity contribution >= 4 is 11.9 Å². The molecule has 1 saturated carbocycles. The second kappa shape index (κ2) is 6.71. The van der Waals surface area contributed by atoms with Crippen molar-refractivity contribution in [2.75, 3.05) is 20.6 Å². The van der Waals surface area contributed by atoms with Gasteiger partial charge < -0.3 is 14.1 Å². The van der Waals surface area contributed by atoms with E-state index in [1.54, 1.807) is 0 Å². The van der Waals surface area contributed by atoms with Crippen LogP contribution in [-0.4, -0.2) is 42.5 Å². The van der Waals surface area contributed by atoms with Crippen molar-refractivity contribution in [3.8, 4) is 0 Å². The number of hydrogen-bond acceptors (Lipinski definition) is 6. The van der Waals surface area contributed by atoms with Gasteiger partial charge in [0.15, 0.2) is 0 Å².